The summed E-state index contributed by atoms with van der Waals surface area (Å²) in [6.07, 6.45) is 7.45. The SMILES string of the molecule is CCCCN=C([Se])N(CCCC)CCCC. The molecule has 0 unspecified atom stereocenters. The second-order valence-electron chi connectivity index (χ2n) is 4.21. The zero-order valence-electron chi connectivity index (χ0n) is 11.2. The van der Waals surface area contributed by atoms with E-state index in [-0.39, 0.29) is 0 Å². The maximum atomic E-state index is 4.61. The van der Waals surface area contributed by atoms with Crippen molar-refractivity contribution in [2.75, 3.05) is 19.6 Å². The van der Waals surface area contributed by atoms with E-state index in [1.165, 1.54) is 38.5 Å². The fraction of sp³-hybridized carbons (Fsp3) is 0.923. The third-order valence-corrected chi connectivity index (χ3v) is 3.41. The second kappa shape index (κ2) is 11.5. The van der Waals surface area contributed by atoms with E-state index in [9.17, 15) is 0 Å². The standard InChI is InChI=1S/C13H27N2Se/c1-4-7-10-14-13(16)15(11-8-5-2)12-9-6-3/h4-12H2,1-3H3. The molecule has 0 N–H and O–H groups in total. The summed E-state index contributed by atoms with van der Waals surface area (Å²) in [5.74, 6) is 0. The van der Waals surface area contributed by atoms with Crippen molar-refractivity contribution in [1.29, 1.82) is 0 Å². The van der Waals surface area contributed by atoms with Crippen molar-refractivity contribution in [3.05, 3.63) is 0 Å². The molecule has 0 bridgehead atoms. The van der Waals surface area contributed by atoms with Crippen LogP contribution in [0.1, 0.15) is 59.3 Å². The molecular formula is C13H27N2Se. The predicted molar refractivity (Wildman–Crippen MR) is 74.4 cm³/mol. The molecule has 0 rings (SSSR count). The molecule has 1 radical (unpaired) electrons. The number of unbranched alkanes of at least 4 members (excludes halogenated alkanes) is 3. The number of hydrogen-bond acceptors (Lipinski definition) is 1. The van der Waals surface area contributed by atoms with E-state index < -0.39 is 0 Å². The van der Waals surface area contributed by atoms with Gasteiger partial charge < -0.3 is 0 Å². The van der Waals surface area contributed by atoms with Crippen LogP contribution in [0.25, 0.3) is 0 Å². The molecule has 0 saturated carbocycles. The average Bonchev–Trinajstić information content (AvgIpc) is 2.29. The fourth-order valence-corrected chi connectivity index (χ4v) is 2.01. The second-order valence-corrected chi connectivity index (χ2v) is 4.98. The van der Waals surface area contributed by atoms with E-state index in [1.807, 2.05) is 0 Å². The van der Waals surface area contributed by atoms with Crippen LogP contribution in [-0.4, -0.2) is 45.3 Å². The van der Waals surface area contributed by atoms with E-state index in [1.54, 1.807) is 0 Å². The van der Waals surface area contributed by atoms with Crippen LogP contribution in [0.2, 0.25) is 0 Å². The molecule has 0 amide bonds. The van der Waals surface area contributed by atoms with Gasteiger partial charge in [0, 0.05) is 0 Å². The van der Waals surface area contributed by atoms with Gasteiger partial charge >= 0.3 is 110 Å². The summed E-state index contributed by atoms with van der Waals surface area (Å²) in [5.41, 5.74) is 0. The van der Waals surface area contributed by atoms with Crippen LogP contribution in [-0.2, 0) is 0 Å². The minimum atomic E-state index is 0.966. The predicted octanol–water partition coefficient (Wildman–Crippen LogP) is 3.21. The number of amidine groups is 1. The van der Waals surface area contributed by atoms with Crippen LogP contribution in [0.4, 0.5) is 0 Å². The normalized spacial score (nSPS) is 11.8. The molecule has 0 heterocycles. The van der Waals surface area contributed by atoms with E-state index in [2.05, 4.69) is 46.7 Å². The number of hydrogen-bond donors (Lipinski definition) is 0. The van der Waals surface area contributed by atoms with E-state index in [4.69, 9.17) is 0 Å². The zero-order chi connectivity index (χ0) is 12.2. The molecule has 0 aromatic carbocycles. The molecule has 0 saturated heterocycles. The van der Waals surface area contributed by atoms with E-state index in [0.29, 0.717) is 0 Å². The molecule has 0 aromatic rings. The average molecular weight is 290 g/mol. The Morgan fingerprint density at radius 2 is 1.44 bits per heavy atom. The van der Waals surface area contributed by atoms with Crippen molar-refractivity contribution in [2.24, 2.45) is 4.99 Å². The molecule has 16 heavy (non-hydrogen) atoms. The summed E-state index contributed by atoms with van der Waals surface area (Å²) < 4.78 is 1.12. The van der Waals surface area contributed by atoms with Crippen molar-refractivity contribution in [1.82, 2.24) is 4.90 Å². The summed E-state index contributed by atoms with van der Waals surface area (Å²) in [5, 5.41) is 0. The van der Waals surface area contributed by atoms with E-state index in [0.717, 1.165) is 24.4 Å². The van der Waals surface area contributed by atoms with Gasteiger partial charge in [0.15, 0.2) is 0 Å². The van der Waals surface area contributed by atoms with Gasteiger partial charge in [-0.1, -0.05) is 0 Å². The van der Waals surface area contributed by atoms with Gasteiger partial charge in [0.05, 0.1) is 0 Å². The first-order valence-electron chi connectivity index (χ1n) is 6.72. The molecule has 95 valence electrons. The molecule has 0 aliphatic carbocycles. The molecule has 0 fully saturated rings. The van der Waals surface area contributed by atoms with Gasteiger partial charge in [0.1, 0.15) is 0 Å². The van der Waals surface area contributed by atoms with Crippen molar-refractivity contribution in [2.45, 2.75) is 59.3 Å². The van der Waals surface area contributed by atoms with Crippen molar-refractivity contribution in [3.63, 3.8) is 0 Å². The molecule has 2 nitrogen and oxygen atoms in total. The third kappa shape index (κ3) is 8.18. The minimum absolute atomic E-state index is 0.966. The number of aliphatic imine (C=N–C) groups is 1. The monoisotopic (exact) mass is 291 g/mol. The number of rotatable bonds is 9. The van der Waals surface area contributed by atoms with Gasteiger partial charge in [-0.2, -0.15) is 0 Å². The van der Waals surface area contributed by atoms with Gasteiger partial charge in [-0.25, -0.2) is 0 Å². The van der Waals surface area contributed by atoms with Gasteiger partial charge in [-0.15, -0.1) is 0 Å². The van der Waals surface area contributed by atoms with Gasteiger partial charge in [-0.3, -0.25) is 0 Å². The Morgan fingerprint density at radius 1 is 0.938 bits per heavy atom. The first kappa shape index (κ1) is 16.0. The van der Waals surface area contributed by atoms with Crippen LogP contribution in [0.15, 0.2) is 4.99 Å². The summed E-state index contributed by atoms with van der Waals surface area (Å²) in [4.78, 5) is 7.01. The molecule has 0 aromatic heterocycles. The molecule has 0 atom stereocenters. The van der Waals surface area contributed by atoms with Crippen LogP contribution in [0.5, 0.6) is 0 Å². The fourth-order valence-electron chi connectivity index (χ4n) is 1.43. The molecule has 3 heteroatoms. The topological polar surface area (TPSA) is 15.6 Å². The maximum absolute atomic E-state index is 4.61. The summed E-state index contributed by atoms with van der Waals surface area (Å²) in [7, 11) is 0. The third-order valence-electron chi connectivity index (χ3n) is 2.59. The quantitative estimate of drug-likeness (QED) is 0.275. The van der Waals surface area contributed by atoms with Crippen LogP contribution < -0.4 is 0 Å². The van der Waals surface area contributed by atoms with Gasteiger partial charge in [0.25, 0.3) is 0 Å². The van der Waals surface area contributed by atoms with Crippen LogP contribution in [0, 0.1) is 0 Å². The molecule has 0 spiro atoms. The molecule has 0 aliphatic heterocycles. The van der Waals surface area contributed by atoms with Gasteiger partial charge in [-0.05, 0) is 0 Å². The van der Waals surface area contributed by atoms with Crippen LogP contribution >= 0.6 is 0 Å². The number of nitrogens with zero attached hydrogens (tertiary/aromatic N) is 2. The Morgan fingerprint density at radius 3 is 1.88 bits per heavy atom. The summed E-state index contributed by atoms with van der Waals surface area (Å²) in [6.45, 7) is 9.95. The summed E-state index contributed by atoms with van der Waals surface area (Å²) >= 11 is 3.13. The Balaban J connectivity index is 4.07. The Kier molecular flexibility index (Phi) is 11.5. The first-order chi connectivity index (χ1) is 7.76. The van der Waals surface area contributed by atoms with E-state index >= 15 is 0 Å². The molecular weight excluding hydrogens is 263 g/mol. The van der Waals surface area contributed by atoms with Gasteiger partial charge in [0.2, 0.25) is 0 Å². The van der Waals surface area contributed by atoms with Crippen molar-refractivity contribution in [3.8, 4) is 0 Å². The Labute approximate surface area is 110 Å². The first-order valence-corrected chi connectivity index (χ1v) is 7.58. The zero-order valence-corrected chi connectivity index (χ0v) is 12.9. The Bertz CT molecular complexity index is 173. The molecule has 0 aliphatic rings. The Hall–Kier alpha value is -0.0105. The van der Waals surface area contributed by atoms with Crippen molar-refractivity contribution < 1.29 is 0 Å². The van der Waals surface area contributed by atoms with Crippen LogP contribution in [0.3, 0.4) is 0 Å². The van der Waals surface area contributed by atoms with Crippen molar-refractivity contribution >= 4 is 20.7 Å². The summed E-state index contributed by atoms with van der Waals surface area (Å²) in [6, 6.07) is 0.